The summed E-state index contributed by atoms with van der Waals surface area (Å²) in [6, 6.07) is 15.9. The third-order valence-corrected chi connectivity index (χ3v) is 5.87. The van der Waals surface area contributed by atoms with Gasteiger partial charge < -0.3 is 10.1 Å². The van der Waals surface area contributed by atoms with Gasteiger partial charge in [-0.05, 0) is 50.5 Å². The number of benzene rings is 2. The Hall–Kier alpha value is -2.95. The number of alkyl carbamates (subject to hydrolysis) is 1. The van der Waals surface area contributed by atoms with Crippen LogP contribution in [-0.2, 0) is 21.5 Å². The molecule has 3 rings (SSSR count). The van der Waals surface area contributed by atoms with Crippen molar-refractivity contribution in [3.63, 3.8) is 0 Å². The van der Waals surface area contributed by atoms with Crippen molar-refractivity contribution in [3.05, 3.63) is 71.4 Å². The number of thiazole rings is 1. The number of nitrogens with one attached hydrogen (secondary N) is 2. The van der Waals surface area contributed by atoms with Crippen LogP contribution >= 0.6 is 11.3 Å². The quantitative estimate of drug-likeness (QED) is 0.421. The lowest BCUT2D eigenvalue weighted by molar-refractivity contribution is 0.0503. The number of nitrogens with zero attached hydrogens (tertiary/aromatic N) is 1. The van der Waals surface area contributed by atoms with Crippen LogP contribution in [0.25, 0.3) is 10.4 Å². The Morgan fingerprint density at radius 2 is 1.78 bits per heavy atom. The molecule has 3 aromatic rings. The molecule has 1 heterocycles. The molecule has 3 N–H and O–H groups in total. The summed E-state index contributed by atoms with van der Waals surface area (Å²) in [4.78, 5) is 18.0. The third-order valence-electron chi connectivity index (χ3n) is 4.21. The van der Waals surface area contributed by atoms with Gasteiger partial charge in [0.15, 0.2) is 0 Å². The summed E-state index contributed by atoms with van der Waals surface area (Å²) >= 11 is 1.48. The Kier molecular flexibility index (Phi) is 7.17. The molecule has 32 heavy (non-hydrogen) atoms. The van der Waals surface area contributed by atoms with Gasteiger partial charge >= 0.3 is 16.4 Å². The number of anilines is 1. The summed E-state index contributed by atoms with van der Waals surface area (Å²) in [5.41, 5.74) is 1.46. The average molecular weight is 476 g/mol. The standard InChI is InChI=1S/C22H25N3O5S2/c1-22(2,3)30-21(26)24-18(13-15-9-11-17(12-10-15)25-32(27,28)29)20-23-14-19(31-20)16-7-5-4-6-8-16/h4-12,14,18,25H,13H2,1-3H3,(H,24,26)(H,27,28,29)/t18-/m0/s1. The third kappa shape index (κ3) is 7.33. The maximum absolute atomic E-state index is 12.5. The number of aromatic nitrogens is 1. The summed E-state index contributed by atoms with van der Waals surface area (Å²) < 4.78 is 38.3. The molecule has 8 nitrogen and oxygen atoms in total. The van der Waals surface area contributed by atoms with Crippen LogP contribution in [0.4, 0.5) is 10.5 Å². The topological polar surface area (TPSA) is 118 Å². The Labute approximate surface area is 191 Å². The molecule has 1 atom stereocenters. The van der Waals surface area contributed by atoms with E-state index in [0.29, 0.717) is 6.42 Å². The molecule has 0 aliphatic carbocycles. The molecule has 0 bridgehead atoms. The van der Waals surface area contributed by atoms with E-state index in [-0.39, 0.29) is 5.69 Å². The van der Waals surface area contributed by atoms with Crippen LogP contribution in [0.3, 0.4) is 0 Å². The van der Waals surface area contributed by atoms with Crippen molar-refractivity contribution in [2.45, 2.75) is 38.8 Å². The lowest BCUT2D eigenvalue weighted by Gasteiger charge is -2.23. The summed E-state index contributed by atoms with van der Waals surface area (Å²) in [5.74, 6) is 0. The average Bonchev–Trinajstić information content (AvgIpc) is 3.17. The molecule has 0 fully saturated rings. The van der Waals surface area contributed by atoms with E-state index < -0.39 is 28.0 Å². The van der Waals surface area contributed by atoms with Gasteiger partial charge in [-0.3, -0.25) is 9.27 Å². The molecule has 170 valence electrons. The van der Waals surface area contributed by atoms with Gasteiger partial charge in [0.25, 0.3) is 0 Å². The fourth-order valence-electron chi connectivity index (χ4n) is 2.93. The molecule has 0 saturated heterocycles. The fraction of sp³-hybridized carbons (Fsp3) is 0.273. The smallest absolute Gasteiger partial charge is 0.408 e. The van der Waals surface area contributed by atoms with Gasteiger partial charge in [0.05, 0.1) is 16.6 Å². The lowest BCUT2D eigenvalue weighted by atomic mass is 10.1. The molecule has 0 radical (unpaired) electrons. The second-order valence-corrected chi connectivity index (χ2v) is 10.3. The minimum Gasteiger partial charge on any atom is -0.444 e. The molecular formula is C22H25N3O5S2. The van der Waals surface area contributed by atoms with Crippen LogP contribution in [0.5, 0.6) is 0 Å². The molecular weight excluding hydrogens is 450 g/mol. The fourth-order valence-corrected chi connectivity index (χ4v) is 4.34. The van der Waals surface area contributed by atoms with Gasteiger partial charge in [-0.1, -0.05) is 42.5 Å². The molecule has 1 amide bonds. The highest BCUT2D eigenvalue weighted by Crippen LogP contribution is 2.31. The number of amides is 1. The lowest BCUT2D eigenvalue weighted by Crippen LogP contribution is -2.35. The zero-order valence-electron chi connectivity index (χ0n) is 17.9. The van der Waals surface area contributed by atoms with E-state index in [4.69, 9.17) is 9.29 Å². The van der Waals surface area contributed by atoms with Gasteiger partial charge in [0, 0.05) is 6.20 Å². The number of ether oxygens (including phenoxy) is 1. The number of hydrogen-bond donors (Lipinski definition) is 3. The summed E-state index contributed by atoms with van der Waals surface area (Å²) in [7, 11) is -4.34. The maximum atomic E-state index is 12.5. The van der Waals surface area contributed by atoms with E-state index >= 15 is 0 Å². The van der Waals surface area contributed by atoms with E-state index in [0.717, 1.165) is 21.0 Å². The van der Waals surface area contributed by atoms with Crippen LogP contribution in [0.15, 0.2) is 60.8 Å². The molecule has 10 heteroatoms. The van der Waals surface area contributed by atoms with Crippen LogP contribution in [0, 0.1) is 0 Å². The molecule has 0 spiro atoms. The van der Waals surface area contributed by atoms with E-state index in [1.807, 2.05) is 35.1 Å². The SMILES string of the molecule is CC(C)(C)OC(=O)N[C@@H](Cc1ccc(NS(=O)(=O)O)cc1)c1ncc(-c2ccccc2)s1. The first kappa shape index (κ1) is 23.7. The van der Waals surface area contributed by atoms with E-state index in [9.17, 15) is 13.2 Å². The van der Waals surface area contributed by atoms with Crippen molar-refractivity contribution < 1.29 is 22.5 Å². The van der Waals surface area contributed by atoms with Crippen molar-refractivity contribution >= 4 is 33.4 Å². The van der Waals surface area contributed by atoms with Crippen LogP contribution in [0.1, 0.15) is 37.4 Å². The Morgan fingerprint density at radius 3 is 2.38 bits per heavy atom. The minimum absolute atomic E-state index is 0.230. The normalized spacial score (nSPS) is 12.8. The van der Waals surface area contributed by atoms with Crippen molar-refractivity contribution in [3.8, 4) is 10.4 Å². The van der Waals surface area contributed by atoms with Gasteiger partial charge in [0.2, 0.25) is 0 Å². The number of carbonyl (C=O) groups excluding carboxylic acids is 1. The predicted molar refractivity (Wildman–Crippen MR) is 125 cm³/mol. The van der Waals surface area contributed by atoms with Crippen LogP contribution in [-0.4, -0.2) is 29.6 Å². The predicted octanol–water partition coefficient (Wildman–Crippen LogP) is 4.83. The molecule has 0 saturated carbocycles. The van der Waals surface area contributed by atoms with Gasteiger partial charge in [-0.15, -0.1) is 11.3 Å². The second kappa shape index (κ2) is 9.68. The van der Waals surface area contributed by atoms with E-state index in [2.05, 4.69) is 10.3 Å². The monoisotopic (exact) mass is 475 g/mol. The summed E-state index contributed by atoms with van der Waals surface area (Å²) in [6.45, 7) is 5.37. The highest BCUT2D eigenvalue weighted by atomic mass is 32.2. The van der Waals surface area contributed by atoms with Crippen molar-refractivity contribution in [2.24, 2.45) is 0 Å². The van der Waals surface area contributed by atoms with Gasteiger partial charge in [0.1, 0.15) is 10.6 Å². The molecule has 2 aromatic carbocycles. The molecule has 1 aromatic heterocycles. The van der Waals surface area contributed by atoms with Crippen molar-refractivity contribution in [2.75, 3.05) is 4.72 Å². The first-order valence-electron chi connectivity index (χ1n) is 9.83. The molecule has 0 aliphatic heterocycles. The van der Waals surface area contributed by atoms with Gasteiger partial charge in [-0.25, -0.2) is 9.78 Å². The van der Waals surface area contributed by atoms with Crippen molar-refractivity contribution in [1.29, 1.82) is 0 Å². The Balaban J connectivity index is 1.83. The maximum Gasteiger partial charge on any atom is 0.408 e. The zero-order chi connectivity index (χ0) is 23.4. The number of hydrogen-bond acceptors (Lipinski definition) is 6. The largest absolute Gasteiger partial charge is 0.444 e. The van der Waals surface area contributed by atoms with Crippen LogP contribution in [0.2, 0.25) is 0 Å². The van der Waals surface area contributed by atoms with Crippen molar-refractivity contribution in [1.82, 2.24) is 10.3 Å². The summed E-state index contributed by atoms with van der Waals surface area (Å²) in [6.07, 6.45) is 1.63. The highest BCUT2D eigenvalue weighted by Gasteiger charge is 2.23. The summed E-state index contributed by atoms with van der Waals surface area (Å²) in [5, 5.41) is 3.61. The van der Waals surface area contributed by atoms with E-state index in [1.165, 1.54) is 23.5 Å². The highest BCUT2D eigenvalue weighted by molar-refractivity contribution is 7.87. The first-order valence-corrected chi connectivity index (χ1v) is 12.1. The number of rotatable bonds is 7. The number of carbonyl (C=O) groups is 1. The Bertz CT molecular complexity index is 1150. The zero-order valence-corrected chi connectivity index (χ0v) is 19.5. The second-order valence-electron chi connectivity index (χ2n) is 8.11. The molecule has 0 aliphatic rings. The van der Waals surface area contributed by atoms with Gasteiger partial charge in [-0.2, -0.15) is 8.42 Å². The van der Waals surface area contributed by atoms with Crippen LogP contribution < -0.4 is 10.0 Å². The van der Waals surface area contributed by atoms with E-state index in [1.54, 1.807) is 39.1 Å². The Morgan fingerprint density at radius 1 is 1.12 bits per heavy atom. The minimum atomic E-state index is -4.34. The first-order chi connectivity index (χ1) is 15.0. The molecule has 0 unspecified atom stereocenters.